The van der Waals surface area contributed by atoms with Gasteiger partial charge >= 0.3 is 0 Å². The predicted octanol–water partition coefficient (Wildman–Crippen LogP) is 3.79. The molecule has 0 bridgehead atoms. The number of ether oxygens (including phenoxy) is 1. The first kappa shape index (κ1) is 31.9. The van der Waals surface area contributed by atoms with Crippen molar-refractivity contribution in [3.63, 3.8) is 0 Å². The van der Waals surface area contributed by atoms with E-state index in [4.69, 9.17) is 4.74 Å². The number of ketones is 3. The third-order valence-electron chi connectivity index (χ3n) is 6.97. The van der Waals surface area contributed by atoms with Crippen molar-refractivity contribution in [2.75, 3.05) is 13.7 Å². The van der Waals surface area contributed by atoms with Gasteiger partial charge in [0.1, 0.15) is 11.4 Å². The topological polar surface area (TPSA) is 122 Å². The van der Waals surface area contributed by atoms with Crippen LogP contribution in [0, 0.1) is 23.7 Å². The molecular formula is C28H48N2O6. The second kappa shape index (κ2) is 15.2. The summed E-state index contributed by atoms with van der Waals surface area (Å²) in [5, 5.41) is 5.38. The molecule has 36 heavy (non-hydrogen) atoms. The molecule has 4 atom stereocenters. The molecule has 0 radical (unpaired) electrons. The first-order valence-corrected chi connectivity index (χ1v) is 13.6. The Bertz CT molecular complexity index is 772. The highest BCUT2D eigenvalue weighted by Crippen LogP contribution is 2.34. The summed E-state index contributed by atoms with van der Waals surface area (Å²) in [5.41, 5.74) is -0.832. The van der Waals surface area contributed by atoms with Crippen LogP contribution < -0.4 is 10.6 Å². The zero-order valence-corrected chi connectivity index (χ0v) is 23.4. The Morgan fingerprint density at radius 3 is 2.11 bits per heavy atom. The van der Waals surface area contributed by atoms with Crippen molar-refractivity contribution in [3.8, 4) is 0 Å². The van der Waals surface area contributed by atoms with Crippen LogP contribution in [-0.4, -0.2) is 54.5 Å². The van der Waals surface area contributed by atoms with Crippen LogP contribution in [0.3, 0.4) is 0 Å². The monoisotopic (exact) mass is 508 g/mol. The maximum atomic E-state index is 13.4. The Morgan fingerprint density at radius 2 is 1.61 bits per heavy atom. The number of nitrogens with one attached hydrogen (secondary N) is 2. The van der Waals surface area contributed by atoms with Gasteiger partial charge in [0, 0.05) is 44.6 Å². The van der Waals surface area contributed by atoms with Crippen LogP contribution in [0.25, 0.3) is 0 Å². The van der Waals surface area contributed by atoms with Gasteiger partial charge in [-0.3, -0.25) is 24.0 Å². The van der Waals surface area contributed by atoms with E-state index in [1.165, 1.54) is 7.05 Å². The van der Waals surface area contributed by atoms with Gasteiger partial charge in [0.15, 0.2) is 11.6 Å². The van der Waals surface area contributed by atoms with E-state index in [1.807, 2.05) is 27.7 Å². The lowest BCUT2D eigenvalue weighted by molar-refractivity contribution is -0.136. The normalized spacial score (nSPS) is 19.5. The standard InChI is InChI=1S/C28H48N2O6/c1-8-9-10-11-21(31)16-22(19(4)5)27(35)30-23(12-13-25(33)29-7)24(32)15-20(14-18(2)3)26(34)28(6)17-36-28/h18-20,22-23H,8-17H2,1-7H3,(H,29,33)(H,30,35)/t20-,22+,23+,28-/m1/s1. The fourth-order valence-electron chi connectivity index (χ4n) is 4.46. The van der Waals surface area contributed by atoms with Crippen LogP contribution >= 0.6 is 0 Å². The predicted molar refractivity (Wildman–Crippen MR) is 139 cm³/mol. The highest BCUT2D eigenvalue weighted by atomic mass is 16.6. The number of hydrogen-bond donors (Lipinski definition) is 2. The Hall–Kier alpha value is -2.09. The second-order valence-electron chi connectivity index (χ2n) is 11.2. The highest BCUT2D eigenvalue weighted by molar-refractivity contribution is 5.97. The first-order chi connectivity index (χ1) is 16.8. The van der Waals surface area contributed by atoms with Crippen LogP contribution in [0.2, 0.25) is 0 Å². The fourth-order valence-corrected chi connectivity index (χ4v) is 4.46. The Morgan fingerprint density at radius 1 is 0.972 bits per heavy atom. The average Bonchev–Trinajstić information content (AvgIpc) is 3.56. The molecule has 1 fully saturated rings. The average molecular weight is 509 g/mol. The zero-order chi connectivity index (χ0) is 27.5. The van der Waals surface area contributed by atoms with Gasteiger partial charge < -0.3 is 15.4 Å². The molecule has 1 heterocycles. The number of Topliss-reactive ketones (excluding diaryl/α,β-unsaturated/α-hetero) is 3. The van der Waals surface area contributed by atoms with Crippen molar-refractivity contribution in [2.24, 2.45) is 23.7 Å². The van der Waals surface area contributed by atoms with E-state index in [2.05, 4.69) is 17.6 Å². The molecule has 0 unspecified atom stereocenters. The number of hydrogen-bond acceptors (Lipinski definition) is 6. The number of epoxide rings is 1. The third-order valence-corrected chi connectivity index (χ3v) is 6.97. The van der Waals surface area contributed by atoms with Gasteiger partial charge in [0.25, 0.3) is 0 Å². The minimum atomic E-state index is -0.901. The van der Waals surface area contributed by atoms with Crippen molar-refractivity contribution in [1.29, 1.82) is 0 Å². The quantitative estimate of drug-likeness (QED) is 0.202. The summed E-state index contributed by atoms with van der Waals surface area (Å²) in [6.45, 7) is 11.9. The number of carbonyl (C=O) groups is 5. The molecule has 1 aliphatic heterocycles. The lowest BCUT2D eigenvalue weighted by atomic mass is 9.82. The van der Waals surface area contributed by atoms with Crippen LogP contribution in [0.4, 0.5) is 0 Å². The number of rotatable bonds is 19. The smallest absolute Gasteiger partial charge is 0.224 e. The van der Waals surface area contributed by atoms with Crippen LogP contribution in [0.5, 0.6) is 0 Å². The fraction of sp³-hybridized carbons (Fsp3) is 0.821. The molecule has 1 aliphatic rings. The lowest BCUT2D eigenvalue weighted by Gasteiger charge is -2.26. The molecule has 0 aliphatic carbocycles. The maximum absolute atomic E-state index is 13.4. The van der Waals surface area contributed by atoms with E-state index in [9.17, 15) is 24.0 Å². The van der Waals surface area contributed by atoms with Crippen molar-refractivity contribution >= 4 is 29.2 Å². The van der Waals surface area contributed by atoms with Gasteiger partial charge in [-0.25, -0.2) is 0 Å². The van der Waals surface area contributed by atoms with E-state index in [0.717, 1.165) is 19.3 Å². The van der Waals surface area contributed by atoms with E-state index >= 15 is 0 Å². The Kier molecular flexibility index (Phi) is 13.5. The molecule has 8 heteroatoms. The largest absolute Gasteiger partial charge is 0.362 e. The number of amides is 2. The van der Waals surface area contributed by atoms with Gasteiger partial charge in [0.05, 0.1) is 12.6 Å². The summed E-state index contributed by atoms with van der Waals surface area (Å²) in [6.07, 6.45) is 4.11. The van der Waals surface area contributed by atoms with Gasteiger partial charge in [0.2, 0.25) is 11.8 Å². The lowest BCUT2D eigenvalue weighted by Crippen LogP contribution is -2.46. The summed E-state index contributed by atoms with van der Waals surface area (Å²) in [4.78, 5) is 64.1. The molecule has 1 saturated heterocycles. The van der Waals surface area contributed by atoms with Gasteiger partial charge in [-0.15, -0.1) is 0 Å². The van der Waals surface area contributed by atoms with Crippen LogP contribution in [0.15, 0.2) is 0 Å². The molecule has 206 valence electrons. The molecule has 8 nitrogen and oxygen atoms in total. The minimum Gasteiger partial charge on any atom is -0.362 e. The molecular weight excluding hydrogens is 460 g/mol. The van der Waals surface area contributed by atoms with Crippen LogP contribution in [-0.2, 0) is 28.7 Å². The van der Waals surface area contributed by atoms with Crippen molar-refractivity contribution in [3.05, 3.63) is 0 Å². The van der Waals surface area contributed by atoms with E-state index < -0.39 is 23.5 Å². The minimum absolute atomic E-state index is 0.0169. The molecule has 1 rings (SSSR count). The summed E-state index contributed by atoms with van der Waals surface area (Å²) in [5.74, 6) is -1.84. The Balaban J connectivity index is 2.99. The maximum Gasteiger partial charge on any atom is 0.224 e. The van der Waals surface area contributed by atoms with Crippen molar-refractivity contribution in [1.82, 2.24) is 10.6 Å². The van der Waals surface area contributed by atoms with Gasteiger partial charge in [-0.1, -0.05) is 47.5 Å². The number of unbranched alkanes of at least 4 members (excludes halogenated alkanes) is 2. The van der Waals surface area contributed by atoms with E-state index in [1.54, 1.807) is 6.92 Å². The second-order valence-corrected chi connectivity index (χ2v) is 11.2. The van der Waals surface area contributed by atoms with E-state index in [-0.39, 0.29) is 66.7 Å². The molecule has 0 aromatic rings. The summed E-state index contributed by atoms with van der Waals surface area (Å²) in [7, 11) is 1.52. The summed E-state index contributed by atoms with van der Waals surface area (Å²) < 4.78 is 5.33. The highest BCUT2D eigenvalue weighted by Gasteiger charge is 2.50. The van der Waals surface area contributed by atoms with Crippen LogP contribution in [0.1, 0.15) is 99.3 Å². The summed E-state index contributed by atoms with van der Waals surface area (Å²) in [6, 6.07) is -0.901. The van der Waals surface area contributed by atoms with Crippen molar-refractivity contribution in [2.45, 2.75) is 111 Å². The molecule has 0 spiro atoms. The summed E-state index contributed by atoms with van der Waals surface area (Å²) >= 11 is 0. The molecule has 2 N–H and O–H groups in total. The third kappa shape index (κ3) is 10.9. The Labute approximate surface area is 217 Å². The molecule has 2 amide bonds. The molecule has 0 aromatic carbocycles. The van der Waals surface area contributed by atoms with Crippen molar-refractivity contribution < 1.29 is 28.7 Å². The number of carbonyl (C=O) groups excluding carboxylic acids is 5. The van der Waals surface area contributed by atoms with E-state index in [0.29, 0.717) is 19.4 Å². The molecule has 0 aromatic heterocycles. The van der Waals surface area contributed by atoms with Gasteiger partial charge in [-0.2, -0.15) is 0 Å². The van der Waals surface area contributed by atoms with Gasteiger partial charge in [-0.05, 0) is 38.0 Å². The first-order valence-electron chi connectivity index (χ1n) is 13.6. The zero-order valence-electron chi connectivity index (χ0n) is 23.4. The SMILES string of the molecule is CCCCCC(=O)C[C@H](C(=O)N[C@@H](CCC(=O)NC)C(=O)C[C@@H](CC(C)C)C(=O)[C@@]1(C)CO1)C(C)C. The molecule has 0 saturated carbocycles.